The highest BCUT2D eigenvalue weighted by atomic mass is 32.1. The summed E-state index contributed by atoms with van der Waals surface area (Å²) in [6.07, 6.45) is 0.342. The van der Waals surface area contributed by atoms with Gasteiger partial charge in [0.05, 0.1) is 30.2 Å². The third kappa shape index (κ3) is 3.62. The fourth-order valence-electron chi connectivity index (χ4n) is 2.11. The molecule has 7 heteroatoms. The molecule has 0 aliphatic rings. The Bertz CT molecular complexity index is 951. The maximum Gasteiger partial charge on any atom is 0.251 e. The Balaban J connectivity index is 1.67. The number of hydrogen-bond donors (Lipinski definition) is 2. The van der Waals surface area contributed by atoms with Crippen LogP contribution in [0.4, 0.5) is 0 Å². The number of nitrogens with zero attached hydrogens (tertiary/aromatic N) is 2. The van der Waals surface area contributed by atoms with Gasteiger partial charge in [-0.1, -0.05) is 23.5 Å². The molecule has 0 fully saturated rings. The van der Waals surface area contributed by atoms with E-state index in [-0.39, 0.29) is 5.91 Å². The summed E-state index contributed by atoms with van der Waals surface area (Å²) in [5.41, 5.74) is 3.13. The second-order valence-corrected chi connectivity index (χ2v) is 6.55. The van der Waals surface area contributed by atoms with Crippen molar-refractivity contribution in [1.82, 2.24) is 15.3 Å². The van der Waals surface area contributed by atoms with Crippen molar-refractivity contribution >= 4 is 39.8 Å². The Labute approximate surface area is 141 Å². The molecule has 0 spiro atoms. The molecule has 2 aromatic heterocycles. The van der Waals surface area contributed by atoms with E-state index in [1.807, 2.05) is 12.1 Å². The predicted octanol–water partition coefficient (Wildman–Crippen LogP) is 3.35. The minimum Gasteiger partial charge on any atom is -0.346 e. The van der Waals surface area contributed by atoms with Crippen LogP contribution in [0.15, 0.2) is 36.4 Å². The second kappa shape index (κ2) is 6.69. The largest absolute Gasteiger partial charge is 0.346 e. The molecule has 0 aliphatic heterocycles. The summed E-state index contributed by atoms with van der Waals surface area (Å²) < 4.78 is 0.686. The van der Waals surface area contributed by atoms with Gasteiger partial charge in [0, 0.05) is 5.56 Å². The standard InChI is InChI=1S/C16H12N4OS2/c17-8-7-10-1-3-11(4-2-10)14(21)18-9-12-5-6-13-15(19-12)23-16(22)20-13/h1-6H,7,9H2,(H,18,21)(H,20,22). The molecule has 0 bridgehead atoms. The van der Waals surface area contributed by atoms with Crippen LogP contribution in [0.5, 0.6) is 0 Å². The number of carbonyl (C=O) groups excluding carboxylic acids is 1. The number of rotatable bonds is 4. The zero-order valence-corrected chi connectivity index (χ0v) is 13.6. The molecule has 5 nitrogen and oxygen atoms in total. The number of nitrogens with one attached hydrogen (secondary N) is 2. The molecule has 114 valence electrons. The number of pyridine rings is 1. The van der Waals surface area contributed by atoms with E-state index in [1.165, 1.54) is 11.3 Å². The highest BCUT2D eigenvalue weighted by molar-refractivity contribution is 7.73. The lowest BCUT2D eigenvalue weighted by Crippen LogP contribution is -2.23. The Hall–Kier alpha value is -2.56. The average molecular weight is 340 g/mol. The summed E-state index contributed by atoms with van der Waals surface area (Å²) >= 11 is 6.50. The predicted molar refractivity (Wildman–Crippen MR) is 91.7 cm³/mol. The summed E-state index contributed by atoms with van der Waals surface area (Å²) in [5.74, 6) is -0.169. The maximum atomic E-state index is 12.1. The number of aromatic nitrogens is 2. The van der Waals surface area contributed by atoms with Gasteiger partial charge in [-0.05, 0) is 42.0 Å². The second-order valence-electron chi connectivity index (χ2n) is 4.88. The summed E-state index contributed by atoms with van der Waals surface area (Å²) in [6, 6.07) is 12.9. The molecule has 0 atom stereocenters. The average Bonchev–Trinajstić information content (AvgIpc) is 2.93. The zero-order chi connectivity index (χ0) is 16.2. The molecule has 0 saturated heterocycles. The van der Waals surface area contributed by atoms with Gasteiger partial charge in [-0.25, -0.2) is 4.98 Å². The number of hydrogen-bond acceptors (Lipinski definition) is 5. The SMILES string of the molecule is N#CCc1ccc(C(=O)NCc2ccc3[nH]c(=S)sc3n2)cc1. The van der Waals surface area contributed by atoms with Crippen molar-refractivity contribution in [2.45, 2.75) is 13.0 Å². The van der Waals surface area contributed by atoms with Crippen LogP contribution in [0, 0.1) is 15.3 Å². The number of amides is 1. The van der Waals surface area contributed by atoms with Gasteiger partial charge < -0.3 is 10.3 Å². The van der Waals surface area contributed by atoms with Crippen molar-refractivity contribution in [2.75, 3.05) is 0 Å². The van der Waals surface area contributed by atoms with Gasteiger partial charge in [0.2, 0.25) is 0 Å². The van der Waals surface area contributed by atoms with E-state index in [4.69, 9.17) is 17.5 Å². The molecule has 3 rings (SSSR count). The van der Waals surface area contributed by atoms with E-state index in [0.717, 1.165) is 21.6 Å². The van der Waals surface area contributed by atoms with Crippen LogP contribution in [0.3, 0.4) is 0 Å². The van der Waals surface area contributed by atoms with E-state index in [9.17, 15) is 4.79 Å². The molecule has 0 aliphatic carbocycles. The van der Waals surface area contributed by atoms with Crippen molar-refractivity contribution in [1.29, 1.82) is 5.26 Å². The molecule has 3 aromatic rings. The fraction of sp³-hybridized carbons (Fsp3) is 0.125. The minimum absolute atomic E-state index is 0.169. The lowest BCUT2D eigenvalue weighted by Gasteiger charge is -2.05. The molecule has 2 N–H and O–H groups in total. The highest BCUT2D eigenvalue weighted by Crippen LogP contribution is 2.17. The highest BCUT2D eigenvalue weighted by Gasteiger charge is 2.07. The van der Waals surface area contributed by atoms with E-state index in [1.54, 1.807) is 24.3 Å². The number of thiazole rings is 1. The fourth-order valence-corrected chi connectivity index (χ4v) is 3.19. The zero-order valence-electron chi connectivity index (χ0n) is 12.0. The molecular formula is C16H12N4OS2. The van der Waals surface area contributed by atoms with Crippen LogP contribution < -0.4 is 5.32 Å². The Morgan fingerprint density at radius 2 is 2.09 bits per heavy atom. The van der Waals surface area contributed by atoms with Crippen molar-refractivity contribution in [3.63, 3.8) is 0 Å². The first kappa shape index (κ1) is 15.3. The smallest absolute Gasteiger partial charge is 0.251 e. The molecule has 0 unspecified atom stereocenters. The first-order valence-corrected chi connectivity index (χ1v) is 8.11. The van der Waals surface area contributed by atoms with Gasteiger partial charge in [-0.15, -0.1) is 0 Å². The van der Waals surface area contributed by atoms with Gasteiger partial charge in [0.15, 0.2) is 3.95 Å². The van der Waals surface area contributed by atoms with E-state index in [2.05, 4.69) is 21.4 Å². The number of aromatic amines is 1. The van der Waals surface area contributed by atoms with Gasteiger partial charge in [0.25, 0.3) is 5.91 Å². The molecule has 1 aromatic carbocycles. The number of H-pyrrole nitrogens is 1. The first-order chi connectivity index (χ1) is 11.2. The van der Waals surface area contributed by atoms with Crippen LogP contribution in [0.1, 0.15) is 21.6 Å². The lowest BCUT2D eigenvalue weighted by atomic mass is 10.1. The minimum atomic E-state index is -0.169. The number of carbonyl (C=O) groups is 1. The first-order valence-electron chi connectivity index (χ1n) is 6.88. The van der Waals surface area contributed by atoms with Gasteiger partial charge in [-0.3, -0.25) is 4.79 Å². The summed E-state index contributed by atoms with van der Waals surface area (Å²) in [4.78, 5) is 20.5. The molecule has 0 radical (unpaired) electrons. The molecule has 23 heavy (non-hydrogen) atoms. The number of fused-ring (bicyclic) bond motifs is 1. The van der Waals surface area contributed by atoms with Crippen LogP contribution in [0.25, 0.3) is 10.3 Å². The topological polar surface area (TPSA) is 81.6 Å². The van der Waals surface area contributed by atoms with E-state index >= 15 is 0 Å². The third-order valence-electron chi connectivity index (χ3n) is 3.27. The molecular weight excluding hydrogens is 328 g/mol. The normalized spacial score (nSPS) is 10.4. The monoisotopic (exact) mass is 340 g/mol. The van der Waals surface area contributed by atoms with Gasteiger partial charge >= 0.3 is 0 Å². The van der Waals surface area contributed by atoms with Crippen LogP contribution >= 0.6 is 23.6 Å². The van der Waals surface area contributed by atoms with Crippen LogP contribution in [-0.2, 0) is 13.0 Å². The van der Waals surface area contributed by atoms with Crippen molar-refractivity contribution in [2.24, 2.45) is 0 Å². The van der Waals surface area contributed by atoms with Crippen molar-refractivity contribution in [3.8, 4) is 6.07 Å². The summed E-state index contributed by atoms with van der Waals surface area (Å²) in [6.45, 7) is 0.347. The molecule has 1 amide bonds. The molecule has 2 heterocycles. The third-order valence-corrected chi connectivity index (χ3v) is 4.42. The van der Waals surface area contributed by atoms with Crippen LogP contribution in [0.2, 0.25) is 0 Å². The summed E-state index contributed by atoms with van der Waals surface area (Å²) in [5, 5.41) is 11.5. The van der Waals surface area contributed by atoms with Gasteiger partial charge in [0.1, 0.15) is 4.83 Å². The van der Waals surface area contributed by atoms with Crippen molar-refractivity contribution < 1.29 is 4.79 Å². The Morgan fingerprint density at radius 3 is 2.83 bits per heavy atom. The Kier molecular flexibility index (Phi) is 4.46. The van der Waals surface area contributed by atoms with Crippen molar-refractivity contribution in [3.05, 3.63) is 57.2 Å². The Morgan fingerprint density at radius 1 is 1.30 bits per heavy atom. The number of nitriles is 1. The van der Waals surface area contributed by atoms with Gasteiger partial charge in [-0.2, -0.15) is 5.26 Å². The quantitative estimate of drug-likeness (QED) is 0.714. The van der Waals surface area contributed by atoms with E-state index in [0.29, 0.717) is 22.5 Å². The maximum absolute atomic E-state index is 12.1. The van der Waals surface area contributed by atoms with Crippen LogP contribution in [-0.4, -0.2) is 15.9 Å². The number of benzene rings is 1. The van der Waals surface area contributed by atoms with E-state index < -0.39 is 0 Å². The summed E-state index contributed by atoms with van der Waals surface area (Å²) in [7, 11) is 0. The lowest BCUT2D eigenvalue weighted by molar-refractivity contribution is 0.0950. The molecule has 0 saturated carbocycles.